The summed E-state index contributed by atoms with van der Waals surface area (Å²) in [7, 11) is 0. The Morgan fingerprint density at radius 1 is 1.23 bits per heavy atom. The third-order valence-corrected chi connectivity index (χ3v) is 3.11. The van der Waals surface area contributed by atoms with Crippen molar-refractivity contribution < 1.29 is 9.18 Å². The van der Waals surface area contributed by atoms with Gasteiger partial charge >= 0.3 is 0 Å². The number of rotatable bonds is 3. The fourth-order valence-electron chi connectivity index (χ4n) is 2.06. The lowest BCUT2D eigenvalue weighted by Gasteiger charge is -2.04. The Morgan fingerprint density at radius 3 is 2.68 bits per heavy atom. The second kappa shape index (κ2) is 5.77. The highest BCUT2D eigenvalue weighted by Gasteiger charge is 2.13. The number of benzene rings is 1. The molecule has 0 saturated heterocycles. The van der Waals surface area contributed by atoms with Crippen LogP contribution in [0.3, 0.4) is 0 Å². The molecule has 0 atom stereocenters. The van der Waals surface area contributed by atoms with Crippen LogP contribution in [0.2, 0.25) is 0 Å². The minimum atomic E-state index is -0.322. The summed E-state index contributed by atoms with van der Waals surface area (Å²) in [6.45, 7) is 1.83. The van der Waals surface area contributed by atoms with Gasteiger partial charge in [0.1, 0.15) is 5.82 Å². The third-order valence-electron chi connectivity index (χ3n) is 3.11. The van der Waals surface area contributed by atoms with E-state index in [2.05, 4.69) is 15.4 Å². The van der Waals surface area contributed by atoms with Gasteiger partial charge in [0.25, 0.3) is 5.91 Å². The standard InChI is InChI=1S/C16H13FN4O/c1-11-9-15(16(22)19-13-3-2-8-18-10-13)20-21(11)14-6-4-12(17)5-7-14/h2-10H,1H3,(H,19,22). The first-order chi connectivity index (χ1) is 10.6. The number of hydrogen-bond acceptors (Lipinski definition) is 3. The maximum atomic E-state index is 13.0. The van der Waals surface area contributed by atoms with E-state index in [1.807, 2.05) is 6.92 Å². The summed E-state index contributed by atoms with van der Waals surface area (Å²) in [4.78, 5) is 16.1. The quantitative estimate of drug-likeness (QED) is 0.808. The zero-order chi connectivity index (χ0) is 15.5. The number of nitrogens with zero attached hydrogens (tertiary/aromatic N) is 3. The molecular formula is C16H13FN4O. The van der Waals surface area contributed by atoms with Crippen LogP contribution in [-0.4, -0.2) is 20.7 Å². The number of halogens is 1. The first-order valence-corrected chi connectivity index (χ1v) is 6.67. The summed E-state index contributed by atoms with van der Waals surface area (Å²) in [6.07, 6.45) is 3.19. The van der Waals surface area contributed by atoms with Gasteiger partial charge < -0.3 is 5.32 Å². The third kappa shape index (κ3) is 2.85. The molecule has 0 spiro atoms. The van der Waals surface area contributed by atoms with Crippen molar-refractivity contribution in [1.29, 1.82) is 0 Å². The van der Waals surface area contributed by atoms with Gasteiger partial charge in [-0.2, -0.15) is 5.10 Å². The molecule has 0 radical (unpaired) electrons. The molecule has 110 valence electrons. The van der Waals surface area contributed by atoms with E-state index in [0.29, 0.717) is 11.4 Å². The zero-order valence-corrected chi connectivity index (χ0v) is 11.8. The van der Waals surface area contributed by atoms with Crippen LogP contribution >= 0.6 is 0 Å². The van der Waals surface area contributed by atoms with Gasteiger partial charge in [0.15, 0.2) is 5.69 Å². The predicted octanol–water partition coefficient (Wildman–Crippen LogP) is 2.97. The SMILES string of the molecule is Cc1cc(C(=O)Nc2cccnc2)nn1-c1ccc(F)cc1. The number of aryl methyl sites for hydroxylation is 1. The van der Waals surface area contributed by atoms with Gasteiger partial charge in [0.05, 0.1) is 17.6 Å². The van der Waals surface area contributed by atoms with E-state index in [0.717, 1.165) is 5.69 Å². The second-order valence-corrected chi connectivity index (χ2v) is 4.76. The zero-order valence-electron chi connectivity index (χ0n) is 11.8. The summed E-state index contributed by atoms with van der Waals surface area (Å²) >= 11 is 0. The Balaban J connectivity index is 1.85. The van der Waals surface area contributed by atoms with Crippen LogP contribution in [0.15, 0.2) is 54.9 Å². The maximum Gasteiger partial charge on any atom is 0.276 e. The minimum absolute atomic E-state index is 0.283. The summed E-state index contributed by atoms with van der Waals surface area (Å²) in [5.74, 6) is -0.639. The average molecular weight is 296 g/mol. The lowest BCUT2D eigenvalue weighted by Crippen LogP contribution is -2.13. The number of hydrogen-bond donors (Lipinski definition) is 1. The van der Waals surface area contributed by atoms with Gasteiger partial charge in [-0.15, -0.1) is 0 Å². The summed E-state index contributed by atoms with van der Waals surface area (Å²) in [5, 5.41) is 6.99. The van der Waals surface area contributed by atoms with Crippen molar-refractivity contribution in [2.24, 2.45) is 0 Å². The number of pyridine rings is 1. The Kier molecular flexibility index (Phi) is 3.65. The highest BCUT2D eigenvalue weighted by Crippen LogP contribution is 2.14. The van der Waals surface area contributed by atoms with Crippen molar-refractivity contribution >= 4 is 11.6 Å². The van der Waals surface area contributed by atoms with Gasteiger partial charge in [0, 0.05) is 11.9 Å². The van der Waals surface area contributed by atoms with Gasteiger partial charge in [-0.25, -0.2) is 9.07 Å². The second-order valence-electron chi connectivity index (χ2n) is 4.76. The van der Waals surface area contributed by atoms with Crippen molar-refractivity contribution in [2.45, 2.75) is 6.92 Å². The van der Waals surface area contributed by atoms with Crippen molar-refractivity contribution in [3.63, 3.8) is 0 Å². The van der Waals surface area contributed by atoms with Gasteiger partial charge in [-0.1, -0.05) is 0 Å². The van der Waals surface area contributed by atoms with E-state index in [1.54, 1.807) is 47.4 Å². The highest BCUT2D eigenvalue weighted by molar-refractivity contribution is 6.02. The van der Waals surface area contributed by atoms with Gasteiger partial charge in [0.2, 0.25) is 0 Å². The molecule has 2 aromatic heterocycles. The molecule has 0 aliphatic rings. The minimum Gasteiger partial charge on any atom is -0.319 e. The van der Waals surface area contributed by atoms with Crippen molar-refractivity contribution in [3.8, 4) is 5.69 Å². The van der Waals surface area contributed by atoms with Crippen LogP contribution in [0.25, 0.3) is 5.69 Å². The van der Waals surface area contributed by atoms with E-state index < -0.39 is 0 Å². The molecule has 0 aliphatic heterocycles. The largest absolute Gasteiger partial charge is 0.319 e. The molecule has 2 heterocycles. The first kappa shape index (κ1) is 13.9. The van der Waals surface area contributed by atoms with E-state index in [1.165, 1.54) is 12.1 Å². The molecule has 0 unspecified atom stereocenters. The average Bonchev–Trinajstić information content (AvgIpc) is 2.91. The van der Waals surface area contributed by atoms with E-state index in [-0.39, 0.29) is 17.4 Å². The number of carbonyl (C=O) groups is 1. The molecule has 0 fully saturated rings. The van der Waals surface area contributed by atoms with E-state index in [4.69, 9.17) is 0 Å². The number of anilines is 1. The Labute approximate surface area is 126 Å². The predicted molar refractivity (Wildman–Crippen MR) is 80.4 cm³/mol. The smallest absolute Gasteiger partial charge is 0.276 e. The fraction of sp³-hybridized carbons (Fsp3) is 0.0625. The summed E-state index contributed by atoms with van der Waals surface area (Å²) < 4.78 is 14.6. The molecular weight excluding hydrogens is 283 g/mol. The van der Waals surface area contributed by atoms with Crippen LogP contribution in [0.1, 0.15) is 16.2 Å². The Hall–Kier alpha value is -3.02. The normalized spacial score (nSPS) is 10.5. The summed E-state index contributed by atoms with van der Waals surface area (Å²) in [6, 6.07) is 11.1. The van der Waals surface area contributed by atoms with Gasteiger partial charge in [-0.05, 0) is 49.4 Å². The Morgan fingerprint density at radius 2 is 2.00 bits per heavy atom. The number of carbonyl (C=O) groups excluding carboxylic acids is 1. The topological polar surface area (TPSA) is 59.8 Å². The molecule has 0 aliphatic carbocycles. The van der Waals surface area contributed by atoms with E-state index >= 15 is 0 Å². The molecule has 1 N–H and O–H groups in total. The van der Waals surface area contributed by atoms with Crippen LogP contribution in [-0.2, 0) is 0 Å². The summed E-state index contributed by atoms with van der Waals surface area (Å²) in [5.41, 5.74) is 2.36. The number of aromatic nitrogens is 3. The first-order valence-electron chi connectivity index (χ1n) is 6.67. The van der Waals surface area contributed by atoms with Crippen molar-refractivity contribution in [1.82, 2.24) is 14.8 Å². The number of amides is 1. The molecule has 3 rings (SSSR count). The molecule has 6 heteroatoms. The maximum absolute atomic E-state index is 13.0. The Bertz CT molecular complexity index is 797. The lowest BCUT2D eigenvalue weighted by molar-refractivity contribution is 0.102. The molecule has 5 nitrogen and oxygen atoms in total. The van der Waals surface area contributed by atoms with Crippen molar-refractivity contribution in [2.75, 3.05) is 5.32 Å². The molecule has 1 amide bonds. The van der Waals surface area contributed by atoms with Crippen molar-refractivity contribution in [3.05, 3.63) is 72.1 Å². The molecule has 1 aromatic carbocycles. The molecule has 22 heavy (non-hydrogen) atoms. The highest BCUT2D eigenvalue weighted by atomic mass is 19.1. The van der Waals surface area contributed by atoms with Crippen LogP contribution < -0.4 is 5.32 Å². The van der Waals surface area contributed by atoms with Crippen LogP contribution in [0.5, 0.6) is 0 Å². The lowest BCUT2D eigenvalue weighted by atomic mass is 10.3. The monoisotopic (exact) mass is 296 g/mol. The fourth-order valence-corrected chi connectivity index (χ4v) is 2.06. The van der Waals surface area contributed by atoms with Crippen LogP contribution in [0.4, 0.5) is 10.1 Å². The number of nitrogens with one attached hydrogen (secondary N) is 1. The van der Waals surface area contributed by atoms with Gasteiger partial charge in [-0.3, -0.25) is 9.78 Å². The van der Waals surface area contributed by atoms with E-state index in [9.17, 15) is 9.18 Å². The molecule has 0 saturated carbocycles. The molecule has 3 aromatic rings. The van der Waals surface area contributed by atoms with Crippen LogP contribution in [0, 0.1) is 12.7 Å². The molecule has 0 bridgehead atoms.